The van der Waals surface area contributed by atoms with Gasteiger partial charge in [0.05, 0.1) is 6.54 Å². The van der Waals surface area contributed by atoms with Crippen molar-refractivity contribution in [2.75, 3.05) is 20.6 Å². The summed E-state index contributed by atoms with van der Waals surface area (Å²) < 4.78 is 11.7. The highest BCUT2D eigenvalue weighted by atomic mass is 16.7. The highest BCUT2D eigenvalue weighted by Gasteiger charge is 2.13. The smallest absolute Gasteiger partial charge is 0.328 e. The number of likely N-dealkylation sites (N-methyl/N-ethyl adjacent to an activating group) is 1. The molecule has 2 N–H and O–H groups in total. The summed E-state index contributed by atoms with van der Waals surface area (Å²) in [5.74, 6) is -0.893. The molecule has 0 spiro atoms. The van der Waals surface area contributed by atoms with Crippen LogP contribution in [-0.4, -0.2) is 54.0 Å². The molecule has 27 heavy (non-hydrogen) atoms. The molecule has 2 aromatic rings. The minimum Gasteiger partial charge on any atom is -0.478 e. The van der Waals surface area contributed by atoms with E-state index in [2.05, 4.69) is 0 Å². The third kappa shape index (κ3) is 11.0. The molecule has 0 unspecified atom stereocenters. The van der Waals surface area contributed by atoms with Crippen molar-refractivity contribution >= 4 is 11.9 Å². The number of rotatable bonds is 8. The number of benzene rings is 2. The molecule has 0 fully saturated rings. The van der Waals surface area contributed by atoms with Crippen molar-refractivity contribution < 1.29 is 29.3 Å². The summed E-state index contributed by atoms with van der Waals surface area (Å²) in [7, 11) is 3.99. The summed E-state index contributed by atoms with van der Waals surface area (Å²) in [4.78, 5) is 21.1. The molecular weight excluding hydrogens is 350 g/mol. The van der Waals surface area contributed by atoms with Gasteiger partial charge < -0.3 is 24.6 Å². The highest BCUT2D eigenvalue weighted by Crippen LogP contribution is 2.16. The van der Waals surface area contributed by atoms with Crippen molar-refractivity contribution in [2.24, 2.45) is 0 Å². The molecule has 0 aliphatic carbocycles. The molecule has 0 atom stereocenters. The fraction of sp³-hybridized carbons (Fsp3) is 0.200. The van der Waals surface area contributed by atoms with E-state index in [1.807, 2.05) is 79.7 Å². The van der Waals surface area contributed by atoms with E-state index >= 15 is 0 Å². The van der Waals surface area contributed by atoms with Crippen LogP contribution in [0, 0.1) is 0 Å². The number of hydrogen-bond donors (Lipinski definition) is 2. The first kappa shape index (κ1) is 21.7. The molecular formula is C20H23NO6. The van der Waals surface area contributed by atoms with Crippen LogP contribution in [0.2, 0.25) is 0 Å². The minimum absolute atomic E-state index is 0.334. The van der Waals surface area contributed by atoms with Crippen LogP contribution in [0.25, 0.3) is 0 Å². The van der Waals surface area contributed by atoms with E-state index in [0.29, 0.717) is 18.7 Å². The van der Waals surface area contributed by atoms with Crippen molar-refractivity contribution in [1.29, 1.82) is 0 Å². The number of nitrogens with zero attached hydrogens (tertiary/aromatic N) is 1. The summed E-state index contributed by atoms with van der Waals surface area (Å²) in [5, 5.41) is 15.6. The van der Waals surface area contributed by atoms with Gasteiger partial charge in [0.15, 0.2) is 0 Å². The second-order valence-corrected chi connectivity index (χ2v) is 5.56. The molecule has 7 heteroatoms. The number of carboxylic acid groups (broad SMARTS) is 2. The van der Waals surface area contributed by atoms with Crippen molar-refractivity contribution in [2.45, 2.75) is 6.29 Å². The predicted molar refractivity (Wildman–Crippen MR) is 101 cm³/mol. The van der Waals surface area contributed by atoms with E-state index in [-0.39, 0.29) is 6.29 Å². The van der Waals surface area contributed by atoms with Gasteiger partial charge in [-0.1, -0.05) is 36.4 Å². The van der Waals surface area contributed by atoms with E-state index in [1.54, 1.807) is 0 Å². The molecule has 0 aliphatic heterocycles. The Hall–Kier alpha value is -3.32. The van der Waals surface area contributed by atoms with Crippen molar-refractivity contribution in [3.8, 4) is 11.5 Å². The molecule has 2 aromatic carbocycles. The summed E-state index contributed by atoms with van der Waals surface area (Å²) >= 11 is 0. The molecule has 0 saturated heterocycles. The number of aliphatic carboxylic acids is 2. The lowest BCUT2D eigenvalue weighted by atomic mass is 10.3. The Balaban J connectivity index is 0.000000387. The Bertz CT molecular complexity index is 658. The summed E-state index contributed by atoms with van der Waals surface area (Å²) in [6.07, 6.45) is 0.782. The summed E-state index contributed by atoms with van der Waals surface area (Å²) in [6, 6.07) is 19.4. The summed E-state index contributed by atoms with van der Waals surface area (Å²) in [6.45, 7) is 0.684. The Morgan fingerprint density at radius 3 is 1.52 bits per heavy atom. The molecule has 2 rings (SSSR count). The molecule has 0 radical (unpaired) electrons. The van der Waals surface area contributed by atoms with Gasteiger partial charge in [-0.05, 0) is 38.4 Å². The SMILES string of the molecule is CN(C)CC(Oc1ccccc1)Oc1ccccc1.O=C(O)C=CC(=O)O. The minimum atomic E-state index is -1.26. The van der Waals surface area contributed by atoms with Crippen LogP contribution in [-0.2, 0) is 9.59 Å². The lowest BCUT2D eigenvalue weighted by Crippen LogP contribution is -2.35. The van der Waals surface area contributed by atoms with Gasteiger partial charge in [0.25, 0.3) is 6.29 Å². The van der Waals surface area contributed by atoms with Crippen LogP contribution in [0.5, 0.6) is 11.5 Å². The second-order valence-electron chi connectivity index (χ2n) is 5.56. The van der Waals surface area contributed by atoms with Gasteiger partial charge in [-0.25, -0.2) is 9.59 Å². The first-order valence-electron chi connectivity index (χ1n) is 8.09. The first-order valence-corrected chi connectivity index (χ1v) is 8.09. The Labute approximate surface area is 158 Å². The van der Waals surface area contributed by atoms with Gasteiger partial charge in [0, 0.05) is 12.2 Å². The van der Waals surface area contributed by atoms with Gasteiger partial charge in [-0.3, -0.25) is 0 Å². The number of ether oxygens (including phenoxy) is 2. The zero-order valence-corrected chi connectivity index (χ0v) is 15.2. The van der Waals surface area contributed by atoms with Crippen LogP contribution in [0.15, 0.2) is 72.8 Å². The van der Waals surface area contributed by atoms with Gasteiger partial charge in [-0.2, -0.15) is 0 Å². The normalized spacial score (nSPS) is 10.4. The Kier molecular flexibility index (Phi) is 9.74. The largest absolute Gasteiger partial charge is 0.478 e. The molecule has 144 valence electrons. The number of hydrogen-bond acceptors (Lipinski definition) is 5. The fourth-order valence-electron chi connectivity index (χ4n) is 1.84. The lowest BCUT2D eigenvalue weighted by molar-refractivity contribution is -0.134. The molecule has 0 aromatic heterocycles. The zero-order valence-electron chi connectivity index (χ0n) is 15.2. The van der Waals surface area contributed by atoms with Crippen LogP contribution >= 0.6 is 0 Å². The van der Waals surface area contributed by atoms with Crippen molar-refractivity contribution in [3.05, 3.63) is 72.8 Å². The number of carboxylic acids is 2. The maximum absolute atomic E-state index is 9.55. The zero-order chi connectivity index (χ0) is 20.1. The van der Waals surface area contributed by atoms with E-state index in [4.69, 9.17) is 19.7 Å². The van der Waals surface area contributed by atoms with Gasteiger partial charge >= 0.3 is 11.9 Å². The molecule has 0 heterocycles. The third-order valence-corrected chi connectivity index (χ3v) is 2.90. The van der Waals surface area contributed by atoms with E-state index in [1.165, 1.54) is 0 Å². The quantitative estimate of drug-likeness (QED) is 0.542. The maximum Gasteiger partial charge on any atom is 0.328 e. The van der Waals surface area contributed by atoms with Crippen molar-refractivity contribution in [3.63, 3.8) is 0 Å². The molecule has 0 aliphatic rings. The predicted octanol–water partition coefficient (Wildman–Crippen LogP) is 2.74. The van der Waals surface area contributed by atoms with Crippen LogP contribution in [0.1, 0.15) is 0 Å². The second kappa shape index (κ2) is 12.1. The van der Waals surface area contributed by atoms with E-state index < -0.39 is 11.9 Å². The first-order chi connectivity index (χ1) is 12.9. The van der Waals surface area contributed by atoms with E-state index in [9.17, 15) is 9.59 Å². The molecule has 0 amide bonds. The standard InChI is InChI=1S/C16H19NO2.C4H4O4/c1-17(2)13-16(18-14-9-5-3-6-10-14)19-15-11-7-4-8-12-15;5-3(6)1-2-4(7)8/h3-12,16H,13H2,1-2H3;1-2H,(H,5,6)(H,7,8). The average molecular weight is 373 g/mol. The average Bonchev–Trinajstić information content (AvgIpc) is 2.62. The Morgan fingerprint density at radius 2 is 1.22 bits per heavy atom. The van der Waals surface area contributed by atoms with Crippen LogP contribution in [0.3, 0.4) is 0 Å². The highest BCUT2D eigenvalue weighted by molar-refractivity contribution is 5.89. The third-order valence-electron chi connectivity index (χ3n) is 2.90. The molecule has 0 saturated carbocycles. The monoisotopic (exact) mass is 373 g/mol. The van der Waals surface area contributed by atoms with Gasteiger partial charge in [-0.15, -0.1) is 0 Å². The van der Waals surface area contributed by atoms with Gasteiger partial charge in [0.1, 0.15) is 11.5 Å². The summed E-state index contributed by atoms with van der Waals surface area (Å²) in [5.41, 5.74) is 0. The maximum atomic E-state index is 9.55. The van der Waals surface area contributed by atoms with Gasteiger partial charge in [0.2, 0.25) is 0 Å². The van der Waals surface area contributed by atoms with Crippen LogP contribution < -0.4 is 9.47 Å². The van der Waals surface area contributed by atoms with E-state index in [0.717, 1.165) is 11.5 Å². The Morgan fingerprint density at radius 1 is 0.852 bits per heavy atom. The van der Waals surface area contributed by atoms with Crippen molar-refractivity contribution in [1.82, 2.24) is 4.90 Å². The molecule has 7 nitrogen and oxygen atoms in total. The number of carbonyl (C=O) groups is 2. The lowest BCUT2D eigenvalue weighted by Gasteiger charge is -2.23. The van der Waals surface area contributed by atoms with Crippen LogP contribution in [0.4, 0.5) is 0 Å². The fourth-order valence-corrected chi connectivity index (χ4v) is 1.84. The number of para-hydroxylation sites is 2. The topological polar surface area (TPSA) is 96.3 Å². The molecule has 0 bridgehead atoms.